The third kappa shape index (κ3) is 0.376. The number of aliphatic hydroxyl groups is 1. The van der Waals surface area contributed by atoms with E-state index in [4.69, 9.17) is 0 Å². The Balaban J connectivity index is 1.89. The Hall–Kier alpha value is -0.0400. The third-order valence-corrected chi connectivity index (χ3v) is 5.24. The molecule has 0 spiro atoms. The van der Waals surface area contributed by atoms with E-state index in [1.165, 1.54) is 19.3 Å². The van der Waals surface area contributed by atoms with Gasteiger partial charge in [0.15, 0.2) is 0 Å². The molecule has 4 aliphatic carbocycles. The maximum absolute atomic E-state index is 9.85. The average Bonchev–Trinajstić information content (AvgIpc) is 2.45. The van der Waals surface area contributed by atoms with Gasteiger partial charge in [-0.2, -0.15) is 0 Å². The molecule has 1 nitrogen and oxygen atoms in total. The predicted molar refractivity (Wildman–Crippen MR) is 40.8 cm³/mol. The molecule has 4 saturated carbocycles. The molecule has 1 N–H and O–H groups in total. The van der Waals surface area contributed by atoms with Crippen LogP contribution in [0.5, 0.6) is 0 Å². The molecule has 0 aliphatic heterocycles. The van der Waals surface area contributed by atoms with Gasteiger partial charge in [0.25, 0.3) is 0 Å². The van der Waals surface area contributed by atoms with Crippen molar-refractivity contribution >= 4 is 0 Å². The molecule has 0 radical (unpaired) electrons. The maximum Gasteiger partial charge on any atom is 0.0605 e. The first-order valence-corrected chi connectivity index (χ1v) is 5.06. The minimum absolute atomic E-state index is 0.131. The van der Waals surface area contributed by atoms with Crippen LogP contribution in [-0.2, 0) is 0 Å². The summed E-state index contributed by atoms with van der Waals surface area (Å²) in [5.74, 6) is 5.52. The second kappa shape index (κ2) is 1.39. The van der Waals surface area contributed by atoms with Crippen LogP contribution in [0.2, 0.25) is 0 Å². The van der Waals surface area contributed by atoms with Crippen LogP contribution in [0.15, 0.2) is 0 Å². The van der Waals surface area contributed by atoms with Gasteiger partial charge in [-0.1, -0.05) is 0 Å². The summed E-state index contributed by atoms with van der Waals surface area (Å²) < 4.78 is 0. The fourth-order valence-corrected chi connectivity index (χ4v) is 5.06. The molecule has 0 aromatic rings. The van der Waals surface area contributed by atoms with Gasteiger partial charge >= 0.3 is 0 Å². The van der Waals surface area contributed by atoms with Crippen molar-refractivity contribution in [2.24, 2.45) is 35.5 Å². The Morgan fingerprint density at radius 1 is 0.818 bits per heavy atom. The van der Waals surface area contributed by atoms with Gasteiger partial charge in [-0.15, -0.1) is 0 Å². The molecule has 4 rings (SSSR count). The Kier molecular flexibility index (Phi) is 0.706. The molecule has 0 saturated heterocycles. The summed E-state index contributed by atoms with van der Waals surface area (Å²) in [6.45, 7) is 0. The topological polar surface area (TPSA) is 20.2 Å². The van der Waals surface area contributed by atoms with Crippen molar-refractivity contribution in [3.63, 3.8) is 0 Å². The van der Waals surface area contributed by atoms with Crippen LogP contribution in [0, 0.1) is 35.5 Å². The number of fused-ring (bicyclic) bond motifs is 3. The quantitative estimate of drug-likeness (QED) is 0.551. The van der Waals surface area contributed by atoms with Gasteiger partial charge in [-0.05, 0) is 54.8 Å². The first kappa shape index (κ1) is 5.58. The molecule has 4 fully saturated rings. The zero-order valence-electron chi connectivity index (χ0n) is 6.61. The minimum Gasteiger partial charge on any atom is -0.393 e. The zero-order valence-corrected chi connectivity index (χ0v) is 6.61. The summed E-state index contributed by atoms with van der Waals surface area (Å²) in [5.41, 5.74) is 0. The summed E-state index contributed by atoms with van der Waals surface area (Å²) in [5, 5.41) is 9.85. The van der Waals surface area contributed by atoms with Crippen LogP contribution in [0.3, 0.4) is 0 Å². The molecule has 0 unspecified atom stereocenters. The van der Waals surface area contributed by atoms with E-state index in [1.807, 2.05) is 0 Å². The molecule has 4 aliphatic rings. The molecule has 0 aromatic carbocycles. The summed E-state index contributed by atoms with van der Waals surface area (Å²) in [6, 6.07) is 0. The van der Waals surface area contributed by atoms with Gasteiger partial charge in [0.1, 0.15) is 0 Å². The highest BCUT2D eigenvalue weighted by molar-refractivity contribution is 5.19. The molecule has 60 valence electrons. The lowest BCUT2D eigenvalue weighted by Gasteiger charge is -2.48. The van der Waals surface area contributed by atoms with Crippen LogP contribution in [0.4, 0.5) is 0 Å². The van der Waals surface area contributed by atoms with Gasteiger partial charge in [0, 0.05) is 0 Å². The summed E-state index contributed by atoms with van der Waals surface area (Å²) in [4.78, 5) is 0. The first-order chi connectivity index (χ1) is 5.38. The van der Waals surface area contributed by atoms with E-state index in [0.29, 0.717) is 0 Å². The van der Waals surface area contributed by atoms with Crippen molar-refractivity contribution in [2.45, 2.75) is 25.4 Å². The van der Waals surface area contributed by atoms with Gasteiger partial charge < -0.3 is 5.11 Å². The van der Waals surface area contributed by atoms with E-state index in [-0.39, 0.29) is 6.10 Å². The average molecular weight is 150 g/mol. The van der Waals surface area contributed by atoms with E-state index in [0.717, 1.165) is 35.5 Å². The normalized spacial score (nSPS) is 75.5. The second-order valence-corrected chi connectivity index (χ2v) is 5.11. The number of hydrogen-bond donors (Lipinski definition) is 1. The van der Waals surface area contributed by atoms with E-state index in [1.54, 1.807) is 0 Å². The Morgan fingerprint density at radius 3 is 2.18 bits per heavy atom. The highest BCUT2D eigenvalue weighted by atomic mass is 16.3. The standard InChI is InChI=1S/C10H14O/c11-10-7-3-6-4-1-2-5(7)8(4)9(6)10/h4-11H,1-3H2/t4-,5+,6+,7-,8+,9-,10+/m0/s1. The molecule has 0 aromatic heterocycles. The van der Waals surface area contributed by atoms with Crippen LogP contribution in [0.25, 0.3) is 0 Å². The van der Waals surface area contributed by atoms with E-state index in [9.17, 15) is 5.11 Å². The largest absolute Gasteiger partial charge is 0.393 e. The molecule has 1 heteroatoms. The molecule has 0 heterocycles. The lowest BCUT2D eigenvalue weighted by atomic mass is 9.56. The number of aliphatic hydroxyl groups excluding tert-OH is 1. The lowest BCUT2D eigenvalue weighted by molar-refractivity contribution is -0.0307. The van der Waals surface area contributed by atoms with Gasteiger partial charge in [0.2, 0.25) is 0 Å². The summed E-state index contributed by atoms with van der Waals surface area (Å²) in [7, 11) is 0. The number of hydrogen-bond acceptors (Lipinski definition) is 1. The lowest BCUT2D eigenvalue weighted by Crippen LogP contribution is -2.45. The summed E-state index contributed by atoms with van der Waals surface area (Å²) in [6.07, 6.45) is 4.47. The van der Waals surface area contributed by atoms with Crippen molar-refractivity contribution in [1.82, 2.24) is 0 Å². The van der Waals surface area contributed by atoms with Gasteiger partial charge in [-0.25, -0.2) is 0 Å². The van der Waals surface area contributed by atoms with Gasteiger partial charge in [0.05, 0.1) is 6.10 Å². The monoisotopic (exact) mass is 150 g/mol. The molecular formula is C10H14O. The van der Waals surface area contributed by atoms with Gasteiger partial charge in [-0.3, -0.25) is 0 Å². The third-order valence-electron chi connectivity index (χ3n) is 5.24. The van der Waals surface area contributed by atoms with Crippen LogP contribution < -0.4 is 0 Å². The minimum atomic E-state index is 0.131. The Labute approximate surface area is 66.8 Å². The first-order valence-electron chi connectivity index (χ1n) is 5.06. The molecule has 2 bridgehead atoms. The SMILES string of the molecule is O[C@@H]1[C@H]2C[C@@H]3[C@@H]4CC[C@H]2[C@@H]4[C@@H]13. The fourth-order valence-electron chi connectivity index (χ4n) is 5.06. The van der Waals surface area contributed by atoms with E-state index >= 15 is 0 Å². The molecule has 11 heavy (non-hydrogen) atoms. The van der Waals surface area contributed by atoms with E-state index in [2.05, 4.69) is 0 Å². The van der Waals surface area contributed by atoms with Crippen LogP contribution >= 0.6 is 0 Å². The van der Waals surface area contributed by atoms with Crippen LogP contribution in [0.1, 0.15) is 19.3 Å². The maximum atomic E-state index is 9.85. The summed E-state index contributed by atoms with van der Waals surface area (Å²) >= 11 is 0. The highest BCUT2D eigenvalue weighted by Crippen LogP contribution is 2.74. The predicted octanol–water partition coefficient (Wildman–Crippen LogP) is 1.27. The fraction of sp³-hybridized carbons (Fsp3) is 1.00. The highest BCUT2D eigenvalue weighted by Gasteiger charge is 2.71. The zero-order chi connectivity index (χ0) is 7.16. The van der Waals surface area contributed by atoms with Crippen molar-refractivity contribution in [3.05, 3.63) is 0 Å². The van der Waals surface area contributed by atoms with Crippen molar-refractivity contribution in [2.75, 3.05) is 0 Å². The van der Waals surface area contributed by atoms with Crippen LogP contribution in [-0.4, -0.2) is 11.2 Å². The van der Waals surface area contributed by atoms with E-state index < -0.39 is 0 Å². The van der Waals surface area contributed by atoms with Crippen molar-refractivity contribution in [1.29, 1.82) is 0 Å². The Morgan fingerprint density at radius 2 is 1.55 bits per heavy atom. The van der Waals surface area contributed by atoms with Crippen molar-refractivity contribution in [3.8, 4) is 0 Å². The Bertz CT molecular complexity index is 211. The molecular weight excluding hydrogens is 136 g/mol. The second-order valence-electron chi connectivity index (χ2n) is 5.11. The molecule has 7 atom stereocenters. The number of rotatable bonds is 0. The van der Waals surface area contributed by atoms with Crippen molar-refractivity contribution < 1.29 is 5.11 Å². The molecule has 0 amide bonds. The smallest absolute Gasteiger partial charge is 0.0605 e.